The third-order valence-corrected chi connectivity index (χ3v) is 6.72. The molecule has 1 unspecified atom stereocenters. The normalized spacial score (nSPS) is 13.6. The molecule has 0 nitrogen and oxygen atoms in total. The maximum Gasteiger partial charge on any atom is 0.0738 e. The van der Waals surface area contributed by atoms with Crippen LogP contribution >= 0.6 is 43.2 Å². The average Bonchev–Trinajstić information content (AvgIpc) is 2.68. The Bertz CT molecular complexity index is 542. The molecule has 3 heteroatoms. The lowest BCUT2D eigenvalue weighted by Crippen LogP contribution is -2.10. The van der Waals surface area contributed by atoms with Gasteiger partial charge in [-0.1, -0.05) is 61.0 Å². The lowest BCUT2D eigenvalue weighted by molar-refractivity contribution is 0.590. The zero-order valence-corrected chi connectivity index (χ0v) is 15.6. The molecule has 0 saturated carbocycles. The maximum absolute atomic E-state index is 3.81. The fourth-order valence-corrected chi connectivity index (χ4v) is 4.21. The van der Waals surface area contributed by atoms with Gasteiger partial charge in [0.1, 0.15) is 0 Å². The predicted octanol–water partition coefficient (Wildman–Crippen LogP) is 6.60. The molecule has 0 N–H and O–H groups in total. The summed E-state index contributed by atoms with van der Waals surface area (Å²) in [5.41, 5.74) is 2.89. The number of aryl methyl sites for hydroxylation is 1. The first-order valence-electron chi connectivity index (χ1n) is 6.29. The summed E-state index contributed by atoms with van der Waals surface area (Å²) in [5.74, 6) is 0. The molecule has 19 heavy (non-hydrogen) atoms. The monoisotopic (exact) mass is 400 g/mol. The van der Waals surface area contributed by atoms with Crippen LogP contribution in [0.3, 0.4) is 0 Å². The number of alkyl halides is 1. The van der Waals surface area contributed by atoms with Crippen molar-refractivity contribution in [3.8, 4) is 0 Å². The van der Waals surface area contributed by atoms with Gasteiger partial charge in [-0.15, -0.1) is 11.3 Å². The van der Waals surface area contributed by atoms with E-state index >= 15 is 0 Å². The minimum absolute atomic E-state index is 0.211. The minimum atomic E-state index is 0.211. The molecule has 2 aromatic rings. The lowest BCUT2D eigenvalue weighted by Gasteiger charge is -2.19. The molecule has 102 valence electrons. The van der Waals surface area contributed by atoms with Crippen LogP contribution in [-0.2, 0) is 5.41 Å². The number of hydrogen-bond donors (Lipinski definition) is 0. The van der Waals surface area contributed by atoms with E-state index in [2.05, 4.69) is 89.9 Å². The smallest absolute Gasteiger partial charge is 0.0738 e. The molecule has 0 spiro atoms. The largest absolute Gasteiger partial charge is 0.143 e. The molecule has 0 aliphatic carbocycles. The van der Waals surface area contributed by atoms with Crippen LogP contribution in [0, 0.1) is 6.92 Å². The Balaban J connectivity index is 2.27. The van der Waals surface area contributed by atoms with Gasteiger partial charge >= 0.3 is 0 Å². The Hall–Kier alpha value is -0.120. The van der Waals surface area contributed by atoms with E-state index in [1.807, 2.05) is 11.3 Å². The summed E-state index contributed by atoms with van der Waals surface area (Å²) < 4.78 is 1.20. The van der Waals surface area contributed by atoms with Crippen LogP contribution in [0.2, 0.25) is 0 Å². The van der Waals surface area contributed by atoms with Gasteiger partial charge in [0.15, 0.2) is 0 Å². The summed E-state index contributed by atoms with van der Waals surface area (Å²) in [6.45, 7) is 8.87. The first-order chi connectivity index (χ1) is 8.79. The highest BCUT2D eigenvalue weighted by molar-refractivity contribution is 9.10. The molecule has 0 amide bonds. The molecule has 1 aromatic heterocycles. The SMILES string of the molecule is Cc1sc(C(Br)c2ccc(C(C)(C)C)cc2)cc1Br. The summed E-state index contributed by atoms with van der Waals surface area (Å²) in [7, 11) is 0. The van der Waals surface area contributed by atoms with Crippen molar-refractivity contribution in [2.75, 3.05) is 0 Å². The van der Waals surface area contributed by atoms with Crippen LogP contribution in [0.25, 0.3) is 0 Å². The molecule has 0 saturated heterocycles. The number of hydrogen-bond acceptors (Lipinski definition) is 1. The van der Waals surface area contributed by atoms with Crippen LogP contribution in [-0.4, -0.2) is 0 Å². The van der Waals surface area contributed by atoms with Gasteiger partial charge in [-0.25, -0.2) is 0 Å². The highest BCUT2D eigenvalue weighted by Gasteiger charge is 2.17. The first kappa shape index (κ1) is 15.3. The number of rotatable bonds is 2. The third-order valence-electron chi connectivity index (χ3n) is 3.20. The molecule has 1 aromatic carbocycles. The van der Waals surface area contributed by atoms with E-state index in [1.54, 1.807) is 0 Å². The van der Waals surface area contributed by atoms with Gasteiger partial charge in [0, 0.05) is 14.2 Å². The van der Waals surface area contributed by atoms with E-state index in [4.69, 9.17) is 0 Å². The molecule has 0 bridgehead atoms. The van der Waals surface area contributed by atoms with E-state index in [1.165, 1.54) is 25.4 Å². The van der Waals surface area contributed by atoms with Crippen molar-refractivity contribution >= 4 is 43.2 Å². The van der Waals surface area contributed by atoms with Crippen molar-refractivity contribution in [1.82, 2.24) is 0 Å². The minimum Gasteiger partial charge on any atom is -0.143 e. The fraction of sp³-hybridized carbons (Fsp3) is 0.375. The van der Waals surface area contributed by atoms with E-state index < -0.39 is 0 Å². The van der Waals surface area contributed by atoms with Crippen molar-refractivity contribution in [3.63, 3.8) is 0 Å². The highest BCUT2D eigenvalue weighted by Crippen LogP contribution is 2.39. The van der Waals surface area contributed by atoms with Crippen molar-refractivity contribution in [2.45, 2.75) is 37.9 Å². The van der Waals surface area contributed by atoms with Crippen LogP contribution in [0.1, 0.15) is 46.5 Å². The second-order valence-electron chi connectivity index (χ2n) is 5.79. The van der Waals surface area contributed by atoms with Crippen LogP contribution in [0.15, 0.2) is 34.8 Å². The van der Waals surface area contributed by atoms with Crippen LogP contribution in [0.5, 0.6) is 0 Å². The van der Waals surface area contributed by atoms with Crippen molar-refractivity contribution < 1.29 is 0 Å². The molecule has 1 atom stereocenters. The lowest BCUT2D eigenvalue weighted by atomic mass is 9.86. The van der Waals surface area contributed by atoms with E-state index in [0.29, 0.717) is 0 Å². The standard InChI is InChI=1S/C16H18Br2S/c1-10-13(17)9-14(19-10)15(18)11-5-7-12(8-6-11)16(2,3)4/h5-9,15H,1-4H3. The van der Waals surface area contributed by atoms with Crippen LogP contribution in [0.4, 0.5) is 0 Å². The van der Waals surface area contributed by atoms with E-state index in [-0.39, 0.29) is 10.2 Å². The third kappa shape index (κ3) is 3.50. The summed E-state index contributed by atoms with van der Waals surface area (Å²) in [4.78, 5) is 2.94. The quantitative estimate of drug-likeness (QED) is 0.497. The number of halogens is 2. The van der Waals surface area contributed by atoms with Gasteiger partial charge in [-0.05, 0) is 45.5 Å². The predicted molar refractivity (Wildman–Crippen MR) is 92.7 cm³/mol. The fourth-order valence-electron chi connectivity index (χ4n) is 1.92. The second-order valence-corrected chi connectivity index (χ2v) is 8.85. The number of benzene rings is 1. The molecular formula is C16H18Br2S. The van der Waals surface area contributed by atoms with Gasteiger partial charge in [0.2, 0.25) is 0 Å². The molecule has 0 radical (unpaired) electrons. The maximum atomic E-state index is 3.81. The summed E-state index contributed by atoms with van der Waals surface area (Å²) >= 11 is 9.22. The molecule has 0 aliphatic rings. The van der Waals surface area contributed by atoms with Crippen LogP contribution < -0.4 is 0 Å². The Labute approximate surface area is 136 Å². The Morgan fingerprint density at radius 1 is 1.11 bits per heavy atom. The molecule has 0 aliphatic heterocycles. The molecular weight excluding hydrogens is 384 g/mol. The van der Waals surface area contributed by atoms with Crippen molar-refractivity contribution in [1.29, 1.82) is 0 Å². The topological polar surface area (TPSA) is 0 Å². The van der Waals surface area contributed by atoms with Gasteiger partial charge in [0.05, 0.1) is 4.83 Å². The summed E-state index contributed by atoms with van der Waals surface area (Å²) in [5, 5.41) is 0. The molecule has 0 fully saturated rings. The van der Waals surface area contributed by atoms with E-state index in [0.717, 1.165) is 0 Å². The highest BCUT2D eigenvalue weighted by atomic mass is 79.9. The zero-order chi connectivity index (χ0) is 14.2. The van der Waals surface area contributed by atoms with E-state index in [9.17, 15) is 0 Å². The number of thiophene rings is 1. The Morgan fingerprint density at radius 2 is 1.68 bits per heavy atom. The van der Waals surface area contributed by atoms with Crippen molar-refractivity contribution in [2.24, 2.45) is 0 Å². The van der Waals surface area contributed by atoms with Gasteiger partial charge in [-0.2, -0.15) is 0 Å². The zero-order valence-electron chi connectivity index (χ0n) is 11.6. The molecule has 1 heterocycles. The van der Waals surface area contributed by atoms with Gasteiger partial charge in [0.25, 0.3) is 0 Å². The second kappa shape index (κ2) is 5.71. The van der Waals surface area contributed by atoms with Gasteiger partial charge < -0.3 is 0 Å². The average molecular weight is 402 g/mol. The summed E-state index contributed by atoms with van der Waals surface area (Å²) in [6, 6.07) is 11.1. The van der Waals surface area contributed by atoms with Gasteiger partial charge in [-0.3, -0.25) is 0 Å². The Morgan fingerprint density at radius 3 is 2.11 bits per heavy atom. The summed E-state index contributed by atoms with van der Waals surface area (Å²) in [6.07, 6.45) is 0. The Kier molecular flexibility index (Phi) is 4.59. The first-order valence-corrected chi connectivity index (χ1v) is 8.82. The molecule has 2 rings (SSSR count). The van der Waals surface area contributed by atoms with Crippen molar-refractivity contribution in [3.05, 3.63) is 55.7 Å².